The standard InChI is InChI=1S/C15H8ClF5N4O/c16-9-4-11(18)10(17)3-8(9)14(26)22-5-13-24-23-12-2-1-7(6-25(12)13)15(19,20)21/h1-4,6H,5H2,(H,22,26). The van der Waals surface area contributed by atoms with Gasteiger partial charge in [-0.2, -0.15) is 13.2 Å². The lowest BCUT2D eigenvalue weighted by Gasteiger charge is -2.09. The van der Waals surface area contributed by atoms with Crippen molar-refractivity contribution >= 4 is 23.2 Å². The number of nitrogens with one attached hydrogen (secondary N) is 1. The molecule has 0 atom stereocenters. The van der Waals surface area contributed by atoms with E-state index in [2.05, 4.69) is 15.5 Å². The van der Waals surface area contributed by atoms with Gasteiger partial charge in [-0.3, -0.25) is 9.20 Å². The summed E-state index contributed by atoms with van der Waals surface area (Å²) in [5.41, 5.74) is -1.09. The minimum Gasteiger partial charge on any atom is -0.345 e. The highest BCUT2D eigenvalue weighted by molar-refractivity contribution is 6.33. The van der Waals surface area contributed by atoms with Gasteiger partial charge in [0, 0.05) is 6.20 Å². The van der Waals surface area contributed by atoms with E-state index in [1.807, 2.05) is 0 Å². The smallest absolute Gasteiger partial charge is 0.345 e. The van der Waals surface area contributed by atoms with Crippen LogP contribution in [-0.4, -0.2) is 20.5 Å². The Bertz CT molecular complexity index is 1000. The van der Waals surface area contributed by atoms with E-state index in [-0.39, 0.29) is 28.6 Å². The summed E-state index contributed by atoms with van der Waals surface area (Å²) in [7, 11) is 0. The first-order valence-corrected chi connectivity index (χ1v) is 7.38. The van der Waals surface area contributed by atoms with E-state index in [4.69, 9.17) is 11.6 Å². The second-order valence-electron chi connectivity index (χ2n) is 5.19. The van der Waals surface area contributed by atoms with Gasteiger partial charge in [0.15, 0.2) is 23.1 Å². The van der Waals surface area contributed by atoms with E-state index in [1.54, 1.807) is 0 Å². The monoisotopic (exact) mass is 390 g/mol. The predicted molar refractivity (Wildman–Crippen MR) is 80.5 cm³/mol. The van der Waals surface area contributed by atoms with Gasteiger partial charge in [0.1, 0.15) is 0 Å². The number of carbonyl (C=O) groups excluding carboxylic acids is 1. The first kappa shape index (κ1) is 18.1. The molecule has 5 nitrogen and oxygen atoms in total. The Balaban J connectivity index is 1.84. The van der Waals surface area contributed by atoms with Gasteiger partial charge < -0.3 is 5.32 Å². The van der Waals surface area contributed by atoms with Crippen molar-refractivity contribution in [3.63, 3.8) is 0 Å². The Labute approximate surface area is 147 Å². The van der Waals surface area contributed by atoms with Crippen LogP contribution < -0.4 is 5.32 Å². The molecule has 11 heteroatoms. The molecular formula is C15H8ClF5N4O. The maximum atomic E-state index is 13.3. The van der Waals surface area contributed by atoms with Crippen LogP contribution in [0.3, 0.4) is 0 Å². The normalized spacial score (nSPS) is 11.8. The summed E-state index contributed by atoms with van der Waals surface area (Å²) in [6.07, 6.45) is -3.76. The van der Waals surface area contributed by atoms with Gasteiger partial charge in [0.05, 0.1) is 22.7 Å². The molecule has 0 unspecified atom stereocenters. The highest BCUT2D eigenvalue weighted by atomic mass is 35.5. The highest BCUT2D eigenvalue weighted by Gasteiger charge is 2.31. The van der Waals surface area contributed by atoms with E-state index >= 15 is 0 Å². The van der Waals surface area contributed by atoms with Crippen LogP contribution in [0.15, 0.2) is 30.5 Å². The van der Waals surface area contributed by atoms with Crippen LogP contribution in [0.5, 0.6) is 0 Å². The first-order chi connectivity index (χ1) is 12.2. The molecule has 3 rings (SSSR count). The molecule has 0 aliphatic heterocycles. The quantitative estimate of drug-likeness (QED) is 0.549. The number of rotatable bonds is 3. The zero-order valence-corrected chi connectivity index (χ0v) is 13.4. The number of halogens is 6. The molecule has 0 bridgehead atoms. The van der Waals surface area contributed by atoms with Crippen molar-refractivity contribution in [3.8, 4) is 0 Å². The molecule has 136 valence electrons. The second kappa shape index (κ2) is 6.52. The molecule has 1 N–H and O–H groups in total. The van der Waals surface area contributed by atoms with Crippen molar-refractivity contribution in [2.75, 3.05) is 0 Å². The molecule has 0 fully saturated rings. The number of hydrogen-bond donors (Lipinski definition) is 1. The molecule has 3 aromatic rings. The van der Waals surface area contributed by atoms with E-state index in [9.17, 15) is 26.7 Å². The number of aromatic nitrogens is 3. The number of alkyl halides is 3. The van der Waals surface area contributed by atoms with Crippen LogP contribution in [-0.2, 0) is 12.7 Å². The Kier molecular flexibility index (Phi) is 4.53. The van der Waals surface area contributed by atoms with Crippen LogP contribution in [0.25, 0.3) is 5.65 Å². The van der Waals surface area contributed by atoms with Gasteiger partial charge in [-0.05, 0) is 24.3 Å². The third-order valence-electron chi connectivity index (χ3n) is 3.46. The predicted octanol–water partition coefficient (Wildman–Crippen LogP) is 3.61. The summed E-state index contributed by atoms with van der Waals surface area (Å²) < 4.78 is 65.8. The summed E-state index contributed by atoms with van der Waals surface area (Å²) >= 11 is 5.70. The molecule has 2 aromatic heterocycles. The topological polar surface area (TPSA) is 59.3 Å². The largest absolute Gasteiger partial charge is 0.417 e. The van der Waals surface area contributed by atoms with Crippen molar-refractivity contribution < 1.29 is 26.7 Å². The van der Waals surface area contributed by atoms with Crippen LogP contribution in [0.1, 0.15) is 21.7 Å². The van der Waals surface area contributed by atoms with Gasteiger partial charge in [0.2, 0.25) is 0 Å². The van der Waals surface area contributed by atoms with Crippen LogP contribution >= 0.6 is 11.6 Å². The van der Waals surface area contributed by atoms with Gasteiger partial charge in [-0.15, -0.1) is 10.2 Å². The molecule has 2 heterocycles. The molecule has 1 aromatic carbocycles. The van der Waals surface area contributed by atoms with Crippen molar-refractivity contribution in [3.05, 3.63) is 64.1 Å². The molecule has 0 aliphatic rings. The molecule has 0 radical (unpaired) electrons. The lowest BCUT2D eigenvalue weighted by molar-refractivity contribution is -0.137. The van der Waals surface area contributed by atoms with Crippen LogP contribution in [0.2, 0.25) is 5.02 Å². The summed E-state index contributed by atoms with van der Waals surface area (Å²) in [6.45, 7) is -0.309. The lowest BCUT2D eigenvalue weighted by atomic mass is 10.2. The Morgan fingerprint density at radius 2 is 1.85 bits per heavy atom. The van der Waals surface area contributed by atoms with Crippen LogP contribution in [0, 0.1) is 11.6 Å². The number of amides is 1. The van der Waals surface area contributed by atoms with Crippen molar-refractivity contribution in [1.29, 1.82) is 0 Å². The van der Waals surface area contributed by atoms with E-state index in [0.29, 0.717) is 12.1 Å². The van der Waals surface area contributed by atoms with Crippen LogP contribution in [0.4, 0.5) is 22.0 Å². The molecular weight excluding hydrogens is 383 g/mol. The Hall–Kier alpha value is -2.75. The summed E-state index contributed by atoms with van der Waals surface area (Å²) in [5, 5.41) is 9.41. The average Bonchev–Trinajstić information content (AvgIpc) is 2.97. The van der Waals surface area contributed by atoms with Crippen molar-refractivity contribution in [1.82, 2.24) is 19.9 Å². The number of carbonyl (C=O) groups is 1. The minimum absolute atomic E-state index is 0.0122. The number of benzene rings is 1. The summed E-state index contributed by atoms with van der Waals surface area (Å²) in [4.78, 5) is 12.1. The maximum absolute atomic E-state index is 13.3. The fraction of sp³-hybridized carbons (Fsp3) is 0.133. The van der Waals surface area contributed by atoms with Crippen molar-refractivity contribution in [2.45, 2.75) is 12.7 Å². The van der Waals surface area contributed by atoms with Gasteiger partial charge >= 0.3 is 6.18 Å². The molecule has 0 saturated carbocycles. The van der Waals surface area contributed by atoms with E-state index in [0.717, 1.165) is 22.7 Å². The third-order valence-corrected chi connectivity index (χ3v) is 3.77. The molecule has 0 saturated heterocycles. The molecule has 0 spiro atoms. The summed E-state index contributed by atoms with van der Waals surface area (Å²) in [6, 6.07) is 3.26. The minimum atomic E-state index is -4.56. The number of pyridine rings is 1. The van der Waals surface area contributed by atoms with E-state index < -0.39 is 29.3 Å². The second-order valence-corrected chi connectivity index (χ2v) is 5.60. The zero-order chi connectivity index (χ0) is 19.1. The molecule has 26 heavy (non-hydrogen) atoms. The zero-order valence-electron chi connectivity index (χ0n) is 12.6. The third kappa shape index (κ3) is 3.45. The number of hydrogen-bond acceptors (Lipinski definition) is 3. The van der Waals surface area contributed by atoms with E-state index in [1.165, 1.54) is 0 Å². The first-order valence-electron chi connectivity index (χ1n) is 7.00. The van der Waals surface area contributed by atoms with Gasteiger partial charge in [-0.1, -0.05) is 11.6 Å². The average molecular weight is 391 g/mol. The van der Waals surface area contributed by atoms with Gasteiger partial charge in [0.25, 0.3) is 5.91 Å². The lowest BCUT2D eigenvalue weighted by Crippen LogP contribution is -2.24. The highest BCUT2D eigenvalue weighted by Crippen LogP contribution is 2.29. The fourth-order valence-electron chi connectivity index (χ4n) is 2.18. The van der Waals surface area contributed by atoms with Crippen molar-refractivity contribution in [2.24, 2.45) is 0 Å². The number of nitrogens with zero attached hydrogens (tertiary/aromatic N) is 3. The maximum Gasteiger partial charge on any atom is 0.417 e. The van der Waals surface area contributed by atoms with Gasteiger partial charge in [-0.25, -0.2) is 8.78 Å². The Morgan fingerprint density at radius 1 is 1.15 bits per heavy atom. The molecule has 0 aliphatic carbocycles. The Morgan fingerprint density at radius 3 is 2.54 bits per heavy atom. The fourth-order valence-corrected chi connectivity index (χ4v) is 2.41. The SMILES string of the molecule is O=C(NCc1nnc2ccc(C(F)(F)F)cn12)c1cc(F)c(F)cc1Cl. The summed E-state index contributed by atoms with van der Waals surface area (Å²) in [5.74, 6) is -3.31. The number of fused-ring (bicyclic) bond motifs is 1. The molecule has 1 amide bonds.